The predicted octanol–water partition coefficient (Wildman–Crippen LogP) is 4.91. The molecule has 0 aromatic rings. The summed E-state index contributed by atoms with van der Waals surface area (Å²) in [6, 6.07) is 0. The van der Waals surface area contributed by atoms with E-state index in [1.54, 1.807) is 0 Å². The van der Waals surface area contributed by atoms with Gasteiger partial charge in [-0.3, -0.25) is 9.59 Å². The van der Waals surface area contributed by atoms with Gasteiger partial charge in [-0.05, 0) is 6.42 Å². The number of hydrogen-bond acceptors (Lipinski definition) is 2. The average molecular weight is 297 g/mol. The summed E-state index contributed by atoms with van der Waals surface area (Å²) < 4.78 is 0. The first kappa shape index (κ1) is 20.1. The Morgan fingerprint density at radius 1 is 0.619 bits per heavy atom. The standard InChI is InChI=1S/C18H35NO2/c1-2-3-4-5-6-7-8-9-10-11-12-13-14-15-16-17(20)18(19)21/h2-16H2,1H3,(H2,19,21). The minimum atomic E-state index is -0.787. The van der Waals surface area contributed by atoms with E-state index >= 15 is 0 Å². The molecule has 0 aliphatic rings. The van der Waals surface area contributed by atoms with E-state index in [4.69, 9.17) is 5.73 Å². The minimum absolute atomic E-state index is 0.327. The van der Waals surface area contributed by atoms with Gasteiger partial charge in [0.2, 0.25) is 5.78 Å². The molecule has 0 bridgehead atoms. The Kier molecular flexibility index (Phi) is 14.9. The molecular formula is C18H35NO2. The van der Waals surface area contributed by atoms with Crippen LogP contribution in [0, 0.1) is 0 Å². The Morgan fingerprint density at radius 2 is 0.952 bits per heavy atom. The van der Waals surface area contributed by atoms with Crippen LogP contribution in [-0.2, 0) is 9.59 Å². The normalized spacial score (nSPS) is 10.7. The second kappa shape index (κ2) is 15.5. The van der Waals surface area contributed by atoms with Crippen molar-refractivity contribution in [2.75, 3.05) is 0 Å². The molecule has 0 saturated carbocycles. The van der Waals surface area contributed by atoms with Gasteiger partial charge < -0.3 is 5.73 Å². The molecule has 0 saturated heterocycles. The Hall–Kier alpha value is -0.860. The van der Waals surface area contributed by atoms with Crippen LogP contribution >= 0.6 is 0 Å². The van der Waals surface area contributed by atoms with Crippen molar-refractivity contribution in [3.8, 4) is 0 Å². The van der Waals surface area contributed by atoms with Crippen LogP contribution in [0.4, 0.5) is 0 Å². The number of nitrogens with two attached hydrogens (primary N) is 1. The van der Waals surface area contributed by atoms with Gasteiger partial charge in [0.1, 0.15) is 0 Å². The molecule has 1 amide bonds. The highest BCUT2D eigenvalue weighted by atomic mass is 16.2. The summed E-state index contributed by atoms with van der Waals surface area (Å²) in [5, 5.41) is 0. The van der Waals surface area contributed by atoms with Crippen LogP contribution in [0.3, 0.4) is 0 Å². The molecule has 124 valence electrons. The first-order chi connectivity index (χ1) is 10.2. The van der Waals surface area contributed by atoms with Crippen molar-refractivity contribution in [1.29, 1.82) is 0 Å². The molecule has 0 aliphatic carbocycles. The van der Waals surface area contributed by atoms with Crippen LogP contribution in [0.2, 0.25) is 0 Å². The van der Waals surface area contributed by atoms with Gasteiger partial charge in [-0.25, -0.2) is 0 Å². The lowest BCUT2D eigenvalue weighted by Crippen LogP contribution is -2.22. The van der Waals surface area contributed by atoms with Gasteiger partial charge in [-0.1, -0.05) is 90.4 Å². The zero-order valence-corrected chi connectivity index (χ0v) is 14.0. The molecule has 0 unspecified atom stereocenters. The van der Waals surface area contributed by atoms with E-state index in [1.807, 2.05) is 0 Å². The monoisotopic (exact) mass is 297 g/mol. The number of Topliss-reactive ketones (excluding diaryl/α,β-unsaturated/α-hetero) is 1. The molecular weight excluding hydrogens is 262 g/mol. The molecule has 0 radical (unpaired) electrons. The fourth-order valence-corrected chi connectivity index (χ4v) is 2.60. The van der Waals surface area contributed by atoms with Crippen molar-refractivity contribution in [2.45, 2.75) is 103 Å². The molecule has 0 aliphatic heterocycles. The van der Waals surface area contributed by atoms with Crippen molar-refractivity contribution in [3.05, 3.63) is 0 Å². The number of unbranched alkanes of at least 4 members (excludes halogenated alkanes) is 13. The maximum Gasteiger partial charge on any atom is 0.284 e. The molecule has 0 spiro atoms. The summed E-state index contributed by atoms with van der Waals surface area (Å²) in [5.41, 5.74) is 4.90. The first-order valence-electron chi connectivity index (χ1n) is 9.01. The predicted molar refractivity (Wildman–Crippen MR) is 89.1 cm³/mol. The lowest BCUT2D eigenvalue weighted by atomic mass is 10.0. The highest BCUT2D eigenvalue weighted by Crippen LogP contribution is 2.13. The first-order valence-corrected chi connectivity index (χ1v) is 9.01. The number of ketones is 1. The molecule has 3 nitrogen and oxygen atoms in total. The SMILES string of the molecule is CCCCCCCCCCCCCCCCC(=O)C(N)=O. The van der Waals surface area contributed by atoms with Gasteiger partial charge >= 0.3 is 0 Å². The van der Waals surface area contributed by atoms with Crippen molar-refractivity contribution in [1.82, 2.24) is 0 Å². The van der Waals surface area contributed by atoms with Crippen molar-refractivity contribution < 1.29 is 9.59 Å². The Bertz CT molecular complexity index is 264. The van der Waals surface area contributed by atoms with E-state index in [2.05, 4.69) is 6.92 Å². The summed E-state index contributed by atoms with van der Waals surface area (Å²) in [5.74, 6) is -1.21. The number of carbonyl (C=O) groups is 2. The van der Waals surface area contributed by atoms with Gasteiger partial charge in [0.25, 0.3) is 5.91 Å². The fraction of sp³-hybridized carbons (Fsp3) is 0.889. The third kappa shape index (κ3) is 15.3. The molecule has 0 heterocycles. The number of primary amides is 1. The summed E-state index contributed by atoms with van der Waals surface area (Å²) in [4.78, 5) is 21.5. The molecule has 0 atom stereocenters. The summed E-state index contributed by atoms with van der Waals surface area (Å²) >= 11 is 0. The van der Waals surface area contributed by atoms with E-state index in [0.717, 1.165) is 12.8 Å². The number of hydrogen-bond donors (Lipinski definition) is 1. The molecule has 21 heavy (non-hydrogen) atoms. The lowest BCUT2D eigenvalue weighted by molar-refractivity contribution is -0.136. The van der Waals surface area contributed by atoms with E-state index in [1.165, 1.54) is 77.0 Å². The lowest BCUT2D eigenvalue weighted by Gasteiger charge is -2.03. The van der Waals surface area contributed by atoms with Crippen LogP contribution in [0.1, 0.15) is 103 Å². The number of rotatable bonds is 16. The molecule has 0 aromatic heterocycles. The zero-order valence-electron chi connectivity index (χ0n) is 14.0. The molecule has 0 aromatic carbocycles. The summed E-state index contributed by atoms with van der Waals surface area (Å²) in [6.07, 6.45) is 18.4. The number of carbonyl (C=O) groups excluding carboxylic acids is 2. The maximum absolute atomic E-state index is 11.0. The topological polar surface area (TPSA) is 60.2 Å². The molecule has 3 heteroatoms. The second-order valence-electron chi connectivity index (χ2n) is 6.13. The van der Waals surface area contributed by atoms with E-state index < -0.39 is 11.7 Å². The quantitative estimate of drug-likeness (QED) is 0.325. The second-order valence-corrected chi connectivity index (χ2v) is 6.13. The minimum Gasteiger partial charge on any atom is -0.363 e. The average Bonchev–Trinajstić information content (AvgIpc) is 2.47. The Balaban J connectivity index is 3.06. The summed E-state index contributed by atoms with van der Waals surface area (Å²) in [7, 11) is 0. The fourth-order valence-electron chi connectivity index (χ4n) is 2.60. The van der Waals surface area contributed by atoms with Gasteiger partial charge in [0.15, 0.2) is 0 Å². The molecule has 0 rings (SSSR count). The Morgan fingerprint density at radius 3 is 1.29 bits per heavy atom. The zero-order chi connectivity index (χ0) is 15.8. The van der Waals surface area contributed by atoms with Gasteiger partial charge in [0, 0.05) is 6.42 Å². The maximum atomic E-state index is 11.0. The largest absolute Gasteiger partial charge is 0.363 e. The van der Waals surface area contributed by atoms with Crippen LogP contribution in [-0.4, -0.2) is 11.7 Å². The van der Waals surface area contributed by atoms with Crippen molar-refractivity contribution >= 4 is 11.7 Å². The van der Waals surface area contributed by atoms with Crippen LogP contribution < -0.4 is 5.73 Å². The third-order valence-electron chi connectivity index (χ3n) is 4.03. The van der Waals surface area contributed by atoms with Crippen LogP contribution in [0.25, 0.3) is 0 Å². The van der Waals surface area contributed by atoms with E-state index in [-0.39, 0.29) is 0 Å². The number of amides is 1. The summed E-state index contributed by atoms with van der Waals surface area (Å²) in [6.45, 7) is 2.26. The third-order valence-corrected chi connectivity index (χ3v) is 4.03. The van der Waals surface area contributed by atoms with Crippen LogP contribution in [0.15, 0.2) is 0 Å². The highest BCUT2D eigenvalue weighted by molar-refractivity contribution is 6.35. The van der Waals surface area contributed by atoms with Crippen molar-refractivity contribution in [2.24, 2.45) is 5.73 Å². The Labute approximate surface area is 131 Å². The molecule has 0 fully saturated rings. The molecule has 2 N–H and O–H groups in total. The smallest absolute Gasteiger partial charge is 0.284 e. The van der Waals surface area contributed by atoms with Gasteiger partial charge in [-0.15, -0.1) is 0 Å². The van der Waals surface area contributed by atoms with Gasteiger partial charge in [-0.2, -0.15) is 0 Å². The van der Waals surface area contributed by atoms with E-state index in [9.17, 15) is 9.59 Å². The van der Waals surface area contributed by atoms with E-state index in [0.29, 0.717) is 6.42 Å². The highest BCUT2D eigenvalue weighted by Gasteiger charge is 2.07. The van der Waals surface area contributed by atoms with Crippen molar-refractivity contribution in [3.63, 3.8) is 0 Å². The van der Waals surface area contributed by atoms with Crippen LogP contribution in [0.5, 0.6) is 0 Å². The van der Waals surface area contributed by atoms with Gasteiger partial charge in [0.05, 0.1) is 0 Å².